The lowest BCUT2D eigenvalue weighted by molar-refractivity contribution is 0.308. The molecular formula is C12H9BrN2OS. The molecule has 0 saturated heterocycles. The third-order valence-electron chi connectivity index (χ3n) is 2.10. The van der Waals surface area contributed by atoms with E-state index in [0.29, 0.717) is 17.9 Å². The number of thiazole rings is 1. The fourth-order valence-electron chi connectivity index (χ4n) is 1.34. The SMILES string of the molecule is Cc1ncc(COc2ccc(Br)cc2C#N)s1. The van der Waals surface area contributed by atoms with E-state index in [1.165, 1.54) is 0 Å². The summed E-state index contributed by atoms with van der Waals surface area (Å²) in [6, 6.07) is 7.50. The first kappa shape index (κ1) is 12.1. The van der Waals surface area contributed by atoms with Crippen LogP contribution < -0.4 is 4.74 Å². The van der Waals surface area contributed by atoms with Crippen molar-refractivity contribution in [2.75, 3.05) is 0 Å². The van der Waals surface area contributed by atoms with E-state index in [-0.39, 0.29) is 0 Å². The highest BCUT2D eigenvalue weighted by molar-refractivity contribution is 9.10. The van der Waals surface area contributed by atoms with Crippen LogP contribution >= 0.6 is 27.3 Å². The Morgan fingerprint density at radius 2 is 2.35 bits per heavy atom. The summed E-state index contributed by atoms with van der Waals surface area (Å²) in [7, 11) is 0. The van der Waals surface area contributed by atoms with Crippen molar-refractivity contribution < 1.29 is 4.74 Å². The maximum absolute atomic E-state index is 8.98. The second kappa shape index (κ2) is 5.30. The van der Waals surface area contributed by atoms with Crippen LogP contribution in [0.4, 0.5) is 0 Å². The van der Waals surface area contributed by atoms with Crippen LogP contribution in [-0.2, 0) is 6.61 Å². The van der Waals surface area contributed by atoms with Crippen LogP contribution in [0.5, 0.6) is 5.75 Å². The molecule has 2 rings (SSSR count). The van der Waals surface area contributed by atoms with Crippen LogP contribution in [-0.4, -0.2) is 4.98 Å². The number of halogens is 1. The van der Waals surface area contributed by atoms with Gasteiger partial charge in [-0.05, 0) is 25.1 Å². The van der Waals surface area contributed by atoms with E-state index in [1.54, 1.807) is 29.7 Å². The molecule has 0 fully saturated rings. The zero-order chi connectivity index (χ0) is 12.3. The molecule has 3 nitrogen and oxygen atoms in total. The highest BCUT2D eigenvalue weighted by Gasteiger charge is 2.05. The average molecular weight is 309 g/mol. The van der Waals surface area contributed by atoms with Crippen molar-refractivity contribution in [2.45, 2.75) is 13.5 Å². The topological polar surface area (TPSA) is 45.9 Å². The fraction of sp³-hybridized carbons (Fsp3) is 0.167. The van der Waals surface area contributed by atoms with Gasteiger partial charge in [-0.3, -0.25) is 0 Å². The molecule has 0 aliphatic heterocycles. The summed E-state index contributed by atoms with van der Waals surface area (Å²) < 4.78 is 6.48. The molecule has 0 bridgehead atoms. The lowest BCUT2D eigenvalue weighted by Crippen LogP contribution is -1.95. The number of nitrogens with zero attached hydrogens (tertiary/aromatic N) is 2. The molecule has 0 spiro atoms. The number of nitriles is 1. The van der Waals surface area contributed by atoms with Crippen molar-refractivity contribution >= 4 is 27.3 Å². The Kier molecular flexibility index (Phi) is 3.77. The number of ether oxygens (including phenoxy) is 1. The number of aromatic nitrogens is 1. The lowest BCUT2D eigenvalue weighted by Gasteiger charge is -2.06. The molecule has 0 amide bonds. The van der Waals surface area contributed by atoms with Crippen molar-refractivity contribution in [3.63, 3.8) is 0 Å². The molecular weight excluding hydrogens is 300 g/mol. The first-order valence-electron chi connectivity index (χ1n) is 4.93. The Morgan fingerprint density at radius 3 is 3.00 bits per heavy atom. The van der Waals surface area contributed by atoms with Crippen LogP contribution in [0, 0.1) is 18.3 Å². The maximum Gasteiger partial charge on any atom is 0.137 e. The van der Waals surface area contributed by atoms with Gasteiger partial charge in [0.25, 0.3) is 0 Å². The number of aryl methyl sites for hydroxylation is 1. The van der Waals surface area contributed by atoms with E-state index in [9.17, 15) is 0 Å². The molecule has 0 unspecified atom stereocenters. The molecule has 17 heavy (non-hydrogen) atoms. The van der Waals surface area contributed by atoms with Gasteiger partial charge >= 0.3 is 0 Å². The number of rotatable bonds is 3. The first-order valence-corrected chi connectivity index (χ1v) is 6.54. The highest BCUT2D eigenvalue weighted by Crippen LogP contribution is 2.24. The van der Waals surface area contributed by atoms with Crippen molar-refractivity contribution in [3.8, 4) is 11.8 Å². The van der Waals surface area contributed by atoms with Crippen LogP contribution in [0.3, 0.4) is 0 Å². The quantitative estimate of drug-likeness (QED) is 0.869. The molecule has 1 aromatic carbocycles. The summed E-state index contributed by atoms with van der Waals surface area (Å²) in [6.07, 6.45) is 1.80. The minimum Gasteiger partial charge on any atom is -0.487 e. The molecule has 0 N–H and O–H groups in total. The fourth-order valence-corrected chi connectivity index (χ4v) is 2.41. The zero-order valence-corrected chi connectivity index (χ0v) is 11.5. The lowest BCUT2D eigenvalue weighted by atomic mass is 10.2. The van der Waals surface area contributed by atoms with Crippen LogP contribution in [0.1, 0.15) is 15.4 Å². The predicted molar refractivity (Wildman–Crippen MR) is 70.0 cm³/mol. The van der Waals surface area contributed by atoms with Crippen LogP contribution in [0.15, 0.2) is 28.9 Å². The molecule has 0 aliphatic carbocycles. The highest BCUT2D eigenvalue weighted by atomic mass is 79.9. The Balaban J connectivity index is 2.12. The molecule has 0 radical (unpaired) electrons. The molecule has 1 aromatic heterocycles. The average Bonchev–Trinajstić information content (AvgIpc) is 2.73. The van der Waals surface area contributed by atoms with Crippen molar-refractivity contribution in [2.24, 2.45) is 0 Å². The summed E-state index contributed by atoms with van der Waals surface area (Å²) in [5.74, 6) is 0.599. The number of hydrogen-bond acceptors (Lipinski definition) is 4. The van der Waals surface area contributed by atoms with Gasteiger partial charge < -0.3 is 4.74 Å². The Morgan fingerprint density at radius 1 is 1.53 bits per heavy atom. The Labute approximate surface area is 112 Å². The van der Waals surface area contributed by atoms with E-state index < -0.39 is 0 Å². The zero-order valence-electron chi connectivity index (χ0n) is 9.11. The molecule has 1 heterocycles. The molecule has 5 heteroatoms. The molecule has 0 aliphatic rings. The van der Waals surface area contributed by atoms with E-state index in [4.69, 9.17) is 10.00 Å². The predicted octanol–water partition coefficient (Wildman–Crippen LogP) is 3.66. The van der Waals surface area contributed by atoms with Gasteiger partial charge in [-0.15, -0.1) is 11.3 Å². The second-order valence-electron chi connectivity index (χ2n) is 3.39. The third kappa shape index (κ3) is 3.05. The monoisotopic (exact) mass is 308 g/mol. The van der Waals surface area contributed by atoms with Gasteiger partial charge in [-0.25, -0.2) is 4.98 Å². The normalized spacial score (nSPS) is 9.94. The van der Waals surface area contributed by atoms with E-state index in [1.807, 2.05) is 13.0 Å². The molecule has 2 aromatic rings. The first-order chi connectivity index (χ1) is 8.19. The van der Waals surface area contributed by atoms with Crippen molar-refractivity contribution in [1.82, 2.24) is 4.98 Å². The van der Waals surface area contributed by atoms with Gasteiger partial charge in [-0.2, -0.15) is 5.26 Å². The van der Waals surface area contributed by atoms with E-state index >= 15 is 0 Å². The summed E-state index contributed by atoms with van der Waals surface area (Å²) in [6.45, 7) is 2.40. The van der Waals surface area contributed by atoms with Gasteiger partial charge in [0.2, 0.25) is 0 Å². The molecule has 0 atom stereocenters. The van der Waals surface area contributed by atoms with Crippen molar-refractivity contribution in [3.05, 3.63) is 44.3 Å². The summed E-state index contributed by atoms with van der Waals surface area (Å²) in [5.41, 5.74) is 0.528. The van der Waals surface area contributed by atoms with Gasteiger partial charge in [0.1, 0.15) is 18.4 Å². The maximum atomic E-state index is 8.98. The van der Waals surface area contributed by atoms with Crippen molar-refractivity contribution in [1.29, 1.82) is 5.26 Å². The summed E-state index contributed by atoms with van der Waals surface area (Å²) >= 11 is 4.92. The van der Waals surface area contributed by atoms with E-state index in [0.717, 1.165) is 14.4 Å². The largest absolute Gasteiger partial charge is 0.487 e. The summed E-state index contributed by atoms with van der Waals surface area (Å²) in [4.78, 5) is 5.20. The smallest absolute Gasteiger partial charge is 0.137 e. The molecule has 0 saturated carbocycles. The van der Waals surface area contributed by atoms with Crippen LogP contribution in [0.2, 0.25) is 0 Å². The van der Waals surface area contributed by atoms with Gasteiger partial charge in [0.15, 0.2) is 0 Å². The number of benzene rings is 1. The van der Waals surface area contributed by atoms with E-state index in [2.05, 4.69) is 27.0 Å². The number of hydrogen-bond donors (Lipinski definition) is 0. The Bertz CT molecular complexity index is 574. The summed E-state index contributed by atoms with van der Waals surface area (Å²) in [5, 5.41) is 10.00. The molecule has 86 valence electrons. The Hall–Kier alpha value is -1.38. The standard InChI is InChI=1S/C12H9BrN2OS/c1-8-15-6-11(17-8)7-16-12-3-2-10(13)4-9(12)5-14/h2-4,6H,7H2,1H3. The third-order valence-corrected chi connectivity index (χ3v) is 3.48. The van der Waals surface area contributed by atoms with Gasteiger partial charge in [-0.1, -0.05) is 15.9 Å². The minimum atomic E-state index is 0.446. The van der Waals surface area contributed by atoms with Gasteiger partial charge in [0, 0.05) is 10.7 Å². The van der Waals surface area contributed by atoms with Gasteiger partial charge in [0.05, 0.1) is 15.4 Å². The second-order valence-corrected chi connectivity index (χ2v) is 5.62. The minimum absolute atomic E-state index is 0.446. The van der Waals surface area contributed by atoms with Crippen LogP contribution in [0.25, 0.3) is 0 Å².